The van der Waals surface area contributed by atoms with Crippen molar-refractivity contribution in [1.82, 2.24) is 0 Å². The molecule has 33 heavy (non-hydrogen) atoms. The second-order valence-corrected chi connectivity index (χ2v) is 8.35. The summed E-state index contributed by atoms with van der Waals surface area (Å²) in [6.45, 7) is 9.35. The summed E-state index contributed by atoms with van der Waals surface area (Å²) in [7, 11) is 2.58. The molecule has 184 valence electrons. The highest BCUT2D eigenvalue weighted by Crippen LogP contribution is 2.34. The molecule has 2 aromatic carbocycles. The normalized spacial score (nSPS) is 10.8. The zero-order chi connectivity index (χ0) is 24.6. The standard InChI is InChI=1S/C12H16O3.C7H6O.C6H14O2Si.CH4/c1-12(2,11(14)15-3)10(13)9-7-5-4-6-8-9;8-6-7-4-2-1-3-5-7;1-5(2)6(7-3)8-9-4;/h4-8,10,13H,1-3H3;1-6H;9H2,1-4H3;1H4. The van der Waals surface area contributed by atoms with Gasteiger partial charge in [-0.15, -0.1) is 0 Å². The topological polar surface area (TPSA) is 82.1 Å². The highest BCUT2D eigenvalue weighted by molar-refractivity contribution is 6.25. The number of hydrogen-bond donors (Lipinski definition) is 1. The minimum atomic E-state index is -0.934. The van der Waals surface area contributed by atoms with Gasteiger partial charge in [0.05, 0.1) is 25.7 Å². The Morgan fingerprint density at radius 3 is 1.76 bits per heavy atom. The van der Waals surface area contributed by atoms with Crippen molar-refractivity contribution in [3.63, 3.8) is 0 Å². The molecule has 0 radical (unpaired) electrons. The van der Waals surface area contributed by atoms with Crippen LogP contribution < -0.4 is 0 Å². The van der Waals surface area contributed by atoms with E-state index in [0.29, 0.717) is 11.5 Å². The molecule has 0 saturated heterocycles. The van der Waals surface area contributed by atoms with Crippen molar-refractivity contribution in [3.8, 4) is 0 Å². The third-order valence-corrected chi connectivity index (χ3v) is 4.87. The molecule has 0 saturated carbocycles. The lowest BCUT2D eigenvalue weighted by Gasteiger charge is -2.27. The Labute approximate surface area is 201 Å². The molecule has 0 heterocycles. The van der Waals surface area contributed by atoms with Crippen LogP contribution in [0.4, 0.5) is 0 Å². The summed E-state index contributed by atoms with van der Waals surface area (Å²) in [5.74, 6) is 0.281. The SMILES string of the molecule is C.COC(=O)C(C)(C)C(O)c1ccccc1.COC(O[SiH2]C)=C(C)C.O=Cc1ccccc1. The fourth-order valence-electron chi connectivity index (χ4n) is 2.50. The van der Waals surface area contributed by atoms with Crippen LogP contribution in [-0.2, 0) is 18.7 Å². The molecule has 2 rings (SSSR count). The molecule has 1 N–H and O–H groups in total. The molecule has 0 amide bonds. The maximum atomic E-state index is 11.5. The fraction of sp³-hybridized carbons (Fsp3) is 0.385. The molecule has 0 aliphatic rings. The number of methoxy groups -OCH3 is 2. The molecule has 0 spiro atoms. The van der Waals surface area contributed by atoms with Crippen LogP contribution in [0.2, 0.25) is 6.55 Å². The predicted octanol–water partition coefficient (Wildman–Crippen LogP) is 5.09. The monoisotopic (exact) mass is 476 g/mol. The summed E-state index contributed by atoms with van der Waals surface area (Å²) in [6.07, 6.45) is -0.0221. The molecule has 0 aliphatic heterocycles. The summed E-state index contributed by atoms with van der Waals surface area (Å²) in [4.78, 5) is 21.5. The van der Waals surface area contributed by atoms with Crippen LogP contribution in [0.5, 0.6) is 0 Å². The molecule has 0 bridgehead atoms. The van der Waals surface area contributed by atoms with E-state index in [1.165, 1.54) is 7.11 Å². The third-order valence-electron chi connectivity index (χ3n) is 4.32. The first-order valence-corrected chi connectivity index (χ1v) is 12.3. The van der Waals surface area contributed by atoms with Crippen LogP contribution in [0.1, 0.15) is 57.1 Å². The number of aldehydes is 1. The molecule has 6 nitrogen and oxygen atoms in total. The van der Waals surface area contributed by atoms with Crippen molar-refractivity contribution < 1.29 is 28.6 Å². The minimum Gasteiger partial charge on any atom is -0.525 e. The largest absolute Gasteiger partial charge is 0.525 e. The van der Waals surface area contributed by atoms with E-state index < -0.39 is 17.5 Å². The number of benzene rings is 2. The average Bonchev–Trinajstić information content (AvgIpc) is 2.83. The summed E-state index contributed by atoms with van der Waals surface area (Å²) in [5.41, 5.74) is 1.61. The van der Waals surface area contributed by atoms with Crippen LogP contribution in [-0.4, -0.2) is 41.3 Å². The number of esters is 1. The summed E-state index contributed by atoms with van der Waals surface area (Å²) < 4.78 is 14.9. The van der Waals surface area contributed by atoms with Gasteiger partial charge in [0.15, 0.2) is 0 Å². The van der Waals surface area contributed by atoms with Crippen molar-refractivity contribution in [1.29, 1.82) is 0 Å². The van der Waals surface area contributed by atoms with E-state index in [1.54, 1.807) is 45.2 Å². The maximum Gasteiger partial charge on any atom is 0.314 e. The van der Waals surface area contributed by atoms with Crippen LogP contribution in [0, 0.1) is 5.41 Å². The van der Waals surface area contributed by atoms with E-state index in [1.807, 2.05) is 50.2 Å². The Morgan fingerprint density at radius 1 is 0.970 bits per heavy atom. The molecule has 7 heteroatoms. The van der Waals surface area contributed by atoms with E-state index in [-0.39, 0.29) is 17.2 Å². The number of aliphatic hydroxyl groups is 1. The van der Waals surface area contributed by atoms with Crippen molar-refractivity contribution in [3.05, 3.63) is 83.3 Å². The summed E-state index contributed by atoms with van der Waals surface area (Å²) >= 11 is 0. The molecular weight excluding hydrogens is 436 g/mol. The Hall–Kier alpha value is -2.90. The zero-order valence-electron chi connectivity index (χ0n) is 20.1. The Balaban J connectivity index is 0. The predicted molar refractivity (Wildman–Crippen MR) is 137 cm³/mol. The Morgan fingerprint density at radius 2 is 1.45 bits per heavy atom. The van der Waals surface area contributed by atoms with Gasteiger partial charge in [-0.3, -0.25) is 9.59 Å². The van der Waals surface area contributed by atoms with Gasteiger partial charge in [0.1, 0.15) is 6.29 Å². The van der Waals surface area contributed by atoms with Gasteiger partial charge in [-0.2, -0.15) is 0 Å². The van der Waals surface area contributed by atoms with Crippen LogP contribution in [0.15, 0.2) is 72.2 Å². The van der Waals surface area contributed by atoms with Crippen LogP contribution >= 0.6 is 0 Å². The number of ether oxygens (including phenoxy) is 2. The lowest BCUT2D eigenvalue weighted by molar-refractivity contribution is -0.157. The number of carbonyl (C=O) groups excluding carboxylic acids is 2. The number of hydrogen-bond acceptors (Lipinski definition) is 6. The highest BCUT2D eigenvalue weighted by atomic mass is 28.2. The van der Waals surface area contributed by atoms with Gasteiger partial charge >= 0.3 is 5.97 Å². The van der Waals surface area contributed by atoms with Crippen molar-refractivity contribution >= 4 is 22.0 Å². The van der Waals surface area contributed by atoms with Crippen molar-refractivity contribution in [2.24, 2.45) is 5.41 Å². The number of rotatable bonds is 7. The lowest BCUT2D eigenvalue weighted by atomic mass is 9.83. The zero-order valence-corrected chi connectivity index (χ0v) is 21.5. The van der Waals surface area contributed by atoms with Gasteiger partial charge in [0.2, 0.25) is 9.76 Å². The molecule has 0 aliphatic carbocycles. The van der Waals surface area contributed by atoms with E-state index >= 15 is 0 Å². The van der Waals surface area contributed by atoms with Gasteiger partial charge in [-0.05, 0) is 39.8 Å². The second-order valence-electron chi connectivity index (χ2n) is 7.48. The first kappa shape index (κ1) is 32.3. The molecule has 0 aromatic heterocycles. The Bertz CT molecular complexity index is 815. The lowest BCUT2D eigenvalue weighted by Crippen LogP contribution is -2.32. The molecule has 0 fully saturated rings. The highest BCUT2D eigenvalue weighted by Gasteiger charge is 2.37. The summed E-state index contributed by atoms with van der Waals surface area (Å²) in [6, 6.07) is 18.2. The number of aliphatic hydroxyl groups excluding tert-OH is 1. The van der Waals surface area contributed by atoms with Gasteiger partial charge < -0.3 is 19.0 Å². The quantitative estimate of drug-likeness (QED) is 0.259. The minimum absolute atomic E-state index is 0. The first-order chi connectivity index (χ1) is 15.1. The number of allylic oxidation sites excluding steroid dienone is 1. The fourth-order valence-corrected chi connectivity index (χ4v) is 3.17. The van der Waals surface area contributed by atoms with Gasteiger partial charge in [0, 0.05) is 11.1 Å². The third kappa shape index (κ3) is 12.1. The molecular formula is C26H40O6Si. The average molecular weight is 477 g/mol. The van der Waals surface area contributed by atoms with Gasteiger partial charge in [-0.1, -0.05) is 68.1 Å². The second kappa shape index (κ2) is 17.6. The summed E-state index contributed by atoms with van der Waals surface area (Å²) in [5, 5.41) is 10.0. The van der Waals surface area contributed by atoms with Crippen LogP contribution in [0.3, 0.4) is 0 Å². The Kier molecular flexibility index (Phi) is 17.2. The van der Waals surface area contributed by atoms with E-state index in [2.05, 4.69) is 11.3 Å². The van der Waals surface area contributed by atoms with E-state index in [4.69, 9.17) is 9.16 Å². The maximum absolute atomic E-state index is 11.5. The van der Waals surface area contributed by atoms with Crippen molar-refractivity contribution in [2.45, 2.75) is 47.8 Å². The number of carbonyl (C=O) groups is 2. The molecule has 1 unspecified atom stereocenters. The van der Waals surface area contributed by atoms with Crippen molar-refractivity contribution in [2.75, 3.05) is 14.2 Å². The van der Waals surface area contributed by atoms with Gasteiger partial charge in [0.25, 0.3) is 5.95 Å². The van der Waals surface area contributed by atoms with Crippen LogP contribution in [0.25, 0.3) is 0 Å². The van der Waals surface area contributed by atoms with E-state index in [9.17, 15) is 14.7 Å². The van der Waals surface area contributed by atoms with E-state index in [0.717, 1.165) is 17.4 Å². The van der Waals surface area contributed by atoms with Gasteiger partial charge in [-0.25, -0.2) is 0 Å². The molecule has 2 aromatic rings. The smallest absolute Gasteiger partial charge is 0.314 e. The first-order valence-electron chi connectivity index (χ1n) is 10.3. The molecule has 1 atom stereocenters.